The Labute approximate surface area is 118 Å². The van der Waals surface area contributed by atoms with Gasteiger partial charge >= 0.3 is 6.18 Å². The van der Waals surface area contributed by atoms with E-state index in [1.165, 1.54) is 16.9 Å². The maximum Gasteiger partial charge on any atom is 0.435 e. The summed E-state index contributed by atoms with van der Waals surface area (Å²) in [5, 5.41) is 16.0. The second-order valence-corrected chi connectivity index (χ2v) is 5.26. The fourth-order valence-corrected chi connectivity index (χ4v) is 2.79. The second kappa shape index (κ2) is 5.18. The second-order valence-electron chi connectivity index (χ2n) is 5.26. The molecule has 2 atom stereocenters. The van der Waals surface area contributed by atoms with Crippen LogP contribution in [0.5, 0.6) is 0 Å². The van der Waals surface area contributed by atoms with Crippen molar-refractivity contribution >= 4 is 11.3 Å². The molecule has 5 nitrogen and oxygen atoms in total. The standard InChI is InChI=1S/C13H15F3N4O/c14-13(15,16)11-6-10-12(17-4-5-20(10)19-11)18-9-3-1-2-8(9)7-21/h4-6,8-9,21H,1-3,7H2,(H,17,18). The lowest BCUT2D eigenvalue weighted by Gasteiger charge is -2.19. The van der Waals surface area contributed by atoms with Crippen LogP contribution >= 0.6 is 0 Å². The molecule has 2 heterocycles. The molecule has 8 heteroatoms. The van der Waals surface area contributed by atoms with Gasteiger partial charge in [0.1, 0.15) is 5.52 Å². The van der Waals surface area contributed by atoms with Crippen molar-refractivity contribution in [2.75, 3.05) is 11.9 Å². The van der Waals surface area contributed by atoms with E-state index in [1.807, 2.05) is 0 Å². The Hall–Kier alpha value is -1.83. The number of nitrogens with zero attached hydrogens (tertiary/aromatic N) is 3. The van der Waals surface area contributed by atoms with Crippen molar-refractivity contribution in [1.82, 2.24) is 14.6 Å². The summed E-state index contributed by atoms with van der Waals surface area (Å²) in [6.07, 6.45) is 1.07. The number of aliphatic hydroxyl groups is 1. The lowest BCUT2D eigenvalue weighted by Crippen LogP contribution is -2.27. The van der Waals surface area contributed by atoms with Crippen LogP contribution in [0.3, 0.4) is 0 Å². The van der Waals surface area contributed by atoms with E-state index >= 15 is 0 Å². The van der Waals surface area contributed by atoms with Crippen LogP contribution in [-0.4, -0.2) is 32.4 Å². The molecule has 2 aromatic heterocycles. The highest BCUT2D eigenvalue weighted by Crippen LogP contribution is 2.32. The normalized spacial score (nSPS) is 22.9. The van der Waals surface area contributed by atoms with E-state index in [2.05, 4.69) is 15.4 Å². The third kappa shape index (κ3) is 2.67. The summed E-state index contributed by atoms with van der Waals surface area (Å²) in [4.78, 5) is 4.11. The Morgan fingerprint density at radius 3 is 2.90 bits per heavy atom. The van der Waals surface area contributed by atoms with Crippen molar-refractivity contribution in [3.8, 4) is 0 Å². The van der Waals surface area contributed by atoms with Gasteiger partial charge in [0.25, 0.3) is 0 Å². The summed E-state index contributed by atoms with van der Waals surface area (Å²) in [6.45, 7) is 0.0633. The van der Waals surface area contributed by atoms with Crippen molar-refractivity contribution < 1.29 is 18.3 Å². The molecule has 3 rings (SSSR count). The Morgan fingerprint density at radius 1 is 1.38 bits per heavy atom. The summed E-state index contributed by atoms with van der Waals surface area (Å²) < 4.78 is 39.4. The topological polar surface area (TPSA) is 62.5 Å². The number of anilines is 1. The van der Waals surface area contributed by atoms with E-state index in [0.717, 1.165) is 25.3 Å². The average Bonchev–Trinajstić information content (AvgIpc) is 3.04. The molecule has 0 spiro atoms. The zero-order chi connectivity index (χ0) is 15.0. The van der Waals surface area contributed by atoms with Crippen LogP contribution in [0, 0.1) is 5.92 Å². The molecule has 2 N–H and O–H groups in total. The van der Waals surface area contributed by atoms with E-state index in [9.17, 15) is 18.3 Å². The molecule has 0 saturated heterocycles. The molecular weight excluding hydrogens is 285 g/mol. The third-order valence-corrected chi connectivity index (χ3v) is 3.90. The van der Waals surface area contributed by atoms with E-state index in [-0.39, 0.29) is 24.1 Å². The molecule has 2 aromatic rings. The van der Waals surface area contributed by atoms with Gasteiger partial charge in [0.15, 0.2) is 11.5 Å². The number of hydrogen-bond donors (Lipinski definition) is 2. The molecule has 1 fully saturated rings. The van der Waals surface area contributed by atoms with Gasteiger partial charge < -0.3 is 10.4 Å². The van der Waals surface area contributed by atoms with Crippen LogP contribution in [-0.2, 0) is 6.18 Å². The lowest BCUT2D eigenvalue weighted by atomic mass is 10.1. The fourth-order valence-electron chi connectivity index (χ4n) is 2.79. The van der Waals surface area contributed by atoms with Gasteiger partial charge in [-0.05, 0) is 12.8 Å². The van der Waals surface area contributed by atoms with Gasteiger partial charge in [-0.2, -0.15) is 18.3 Å². The predicted molar refractivity (Wildman–Crippen MR) is 69.8 cm³/mol. The molecule has 1 saturated carbocycles. The van der Waals surface area contributed by atoms with Crippen molar-refractivity contribution in [3.63, 3.8) is 0 Å². The molecule has 0 radical (unpaired) electrons. The maximum atomic E-state index is 12.7. The number of halogens is 3. The van der Waals surface area contributed by atoms with Crippen molar-refractivity contribution in [2.24, 2.45) is 5.92 Å². The largest absolute Gasteiger partial charge is 0.435 e. The van der Waals surface area contributed by atoms with Gasteiger partial charge in [-0.15, -0.1) is 0 Å². The molecule has 0 aliphatic heterocycles. The van der Waals surface area contributed by atoms with Gasteiger partial charge in [-0.25, -0.2) is 9.50 Å². The van der Waals surface area contributed by atoms with Crippen LogP contribution in [0.25, 0.3) is 5.52 Å². The number of nitrogens with one attached hydrogen (secondary N) is 1. The van der Waals surface area contributed by atoms with E-state index in [0.29, 0.717) is 5.82 Å². The van der Waals surface area contributed by atoms with Crippen molar-refractivity contribution in [2.45, 2.75) is 31.5 Å². The molecule has 2 unspecified atom stereocenters. The zero-order valence-corrected chi connectivity index (χ0v) is 11.1. The van der Waals surface area contributed by atoms with Crippen molar-refractivity contribution in [3.05, 3.63) is 24.2 Å². The molecule has 0 amide bonds. The third-order valence-electron chi connectivity index (χ3n) is 3.90. The average molecular weight is 300 g/mol. The lowest BCUT2D eigenvalue weighted by molar-refractivity contribution is -0.141. The van der Waals surface area contributed by atoms with E-state index < -0.39 is 11.9 Å². The van der Waals surface area contributed by atoms with Crippen LogP contribution in [0.15, 0.2) is 18.5 Å². The minimum atomic E-state index is -4.48. The van der Waals surface area contributed by atoms with Crippen LogP contribution < -0.4 is 5.32 Å². The number of rotatable bonds is 3. The minimum absolute atomic E-state index is 0.0259. The van der Waals surface area contributed by atoms with Crippen LogP contribution in [0.2, 0.25) is 0 Å². The Morgan fingerprint density at radius 2 is 2.19 bits per heavy atom. The molecule has 0 aromatic carbocycles. The summed E-state index contributed by atoms with van der Waals surface area (Å²) in [5.74, 6) is 0.475. The predicted octanol–water partition coefficient (Wildman–Crippen LogP) is 2.32. The highest BCUT2D eigenvalue weighted by molar-refractivity contribution is 5.68. The minimum Gasteiger partial charge on any atom is -0.396 e. The van der Waals surface area contributed by atoms with Crippen LogP contribution in [0.1, 0.15) is 25.0 Å². The highest BCUT2D eigenvalue weighted by atomic mass is 19.4. The monoisotopic (exact) mass is 300 g/mol. The summed E-state index contributed by atoms with van der Waals surface area (Å²) in [7, 11) is 0. The first-order valence-electron chi connectivity index (χ1n) is 6.78. The Balaban J connectivity index is 1.93. The molecule has 1 aliphatic carbocycles. The molecule has 1 aliphatic rings. The van der Waals surface area contributed by atoms with E-state index in [1.54, 1.807) is 0 Å². The Bertz CT molecular complexity index is 640. The number of aliphatic hydroxyl groups excluding tert-OH is 1. The van der Waals surface area contributed by atoms with Gasteiger partial charge in [-0.1, -0.05) is 6.42 Å². The highest BCUT2D eigenvalue weighted by Gasteiger charge is 2.35. The molecular formula is C13H15F3N4O. The van der Waals surface area contributed by atoms with E-state index in [4.69, 9.17) is 0 Å². The summed E-state index contributed by atoms with van der Waals surface area (Å²) >= 11 is 0. The zero-order valence-electron chi connectivity index (χ0n) is 11.1. The number of fused-ring (bicyclic) bond motifs is 1. The number of aromatic nitrogens is 3. The number of alkyl halides is 3. The molecule has 114 valence electrons. The fraction of sp³-hybridized carbons (Fsp3) is 0.538. The van der Waals surface area contributed by atoms with Gasteiger partial charge in [0.2, 0.25) is 0 Å². The van der Waals surface area contributed by atoms with Gasteiger partial charge in [-0.3, -0.25) is 0 Å². The SMILES string of the molecule is OCC1CCCC1Nc1nccn2nc(C(F)(F)F)cc12. The van der Waals surface area contributed by atoms with Gasteiger partial charge in [0.05, 0.1) is 0 Å². The first-order chi connectivity index (χ1) is 9.99. The van der Waals surface area contributed by atoms with Crippen LogP contribution in [0.4, 0.5) is 19.0 Å². The molecule has 0 bridgehead atoms. The Kier molecular flexibility index (Phi) is 3.48. The smallest absolute Gasteiger partial charge is 0.396 e. The first kappa shape index (κ1) is 14.1. The molecule has 21 heavy (non-hydrogen) atoms. The maximum absolute atomic E-state index is 12.7. The summed E-state index contributed by atoms with van der Waals surface area (Å²) in [6, 6.07) is 1.01. The summed E-state index contributed by atoms with van der Waals surface area (Å²) in [5.41, 5.74) is -0.655. The van der Waals surface area contributed by atoms with Crippen molar-refractivity contribution in [1.29, 1.82) is 0 Å². The number of hydrogen-bond acceptors (Lipinski definition) is 4. The first-order valence-corrected chi connectivity index (χ1v) is 6.78. The van der Waals surface area contributed by atoms with Gasteiger partial charge in [0, 0.05) is 37.0 Å². The quantitative estimate of drug-likeness (QED) is 0.913.